The highest BCUT2D eigenvalue weighted by Crippen LogP contribution is 2.24. The molecule has 0 aliphatic rings. The summed E-state index contributed by atoms with van der Waals surface area (Å²) in [6.45, 7) is 0.355. The van der Waals surface area contributed by atoms with Crippen LogP contribution in [0.25, 0.3) is 0 Å². The van der Waals surface area contributed by atoms with Crippen LogP contribution in [0.1, 0.15) is 15.9 Å². The van der Waals surface area contributed by atoms with Crippen LogP contribution in [0, 0.1) is 15.9 Å². The summed E-state index contributed by atoms with van der Waals surface area (Å²) in [5, 5.41) is 15.6. The van der Waals surface area contributed by atoms with E-state index >= 15 is 0 Å². The van der Waals surface area contributed by atoms with E-state index in [1.807, 2.05) is 30.3 Å². The van der Waals surface area contributed by atoms with Crippen LogP contribution in [0.2, 0.25) is 0 Å². The molecular weight excluding hydrogens is 501 g/mol. The third-order valence-electron chi connectivity index (χ3n) is 4.31. The van der Waals surface area contributed by atoms with Crippen molar-refractivity contribution in [1.29, 1.82) is 0 Å². The molecule has 32 heavy (non-hydrogen) atoms. The lowest BCUT2D eigenvalue weighted by Gasteiger charge is -2.14. The highest BCUT2D eigenvalue weighted by molar-refractivity contribution is 9.10. The largest absolute Gasteiger partial charge is 0.492 e. The molecule has 7 nitrogen and oxygen atoms in total. The minimum atomic E-state index is -0.750. The Morgan fingerprint density at radius 1 is 1.12 bits per heavy atom. The van der Waals surface area contributed by atoms with Gasteiger partial charge in [0.05, 0.1) is 22.8 Å². The summed E-state index contributed by atoms with van der Waals surface area (Å²) in [4.78, 5) is 23.0. The fourth-order valence-corrected chi connectivity index (χ4v) is 3.34. The summed E-state index contributed by atoms with van der Waals surface area (Å²) in [7, 11) is 0. The van der Waals surface area contributed by atoms with Crippen molar-refractivity contribution in [1.82, 2.24) is 5.32 Å². The maximum absolute atomic E-state index is 14.0. The Bertz CT molecular complexity index is 1160. The van der Waals surface area contributed by atoms with Gasteiger partial charge in [0, 0.05) is 23.0 Å². The number of ether oxygens (including phenoxy) is 1. The summed E-state index contributed by atoms with van der Waals surface area (Å²) in [6.07, 6.45) is 0.657. The van der Waals surface area contributed by atoms with Gasteiger partial charge in [-0.05, 0) is 42.0 Å². The van der Waals surface area contributed by atoms with E-state index in [0.717, 1.165) is 23.8 Å². The number of carbonyl (C=O) groups excluding carboxylic acids is 1. The first-order chi connectivity index (χ1) is 15.3. The summed E-state index contributed by atoms with van der Waals surface area (Å²) in [5.74, 6) is -0.977. The van der Waals surface area contributed by atoms with Gasteiger partial charge in [-0.1, -0.05) is 46.3 Å². The minimum absolute atomic E-state index is 0.218. The molecule has 1 amide bonds. The molecule has 0 atom stereocenters. The van der Waals surface area contributed by atoms with E-state index < -0.39 is 16.6 Å². The van der Waals surface area contributed by atoms with Crippen molar-refractivity contribution >= 4 is 50.5 Å². The molecule has 10 heteroatoms. The molecule has 0 spiro atoms. The number of benzene rings is 3. The first-order valence-electron chi connectivity index (χ1n) is 9.36. The van der Waals surface area contributed by atoms with Crippen molar-refractivity contribution in [2.24, 2.45) is 0 Å². The number of non-ortho nitro benzene ring substituents is 1. The van der Waals surface area contributed by atoms with E-state index in [0.29, 0.717) is 23.2 Å². The van der Waals surface area contributed by atoms with Crippen molar-refractivity contribution < 1.29 is 18.8 Å². The van der Waals surface area contributed by atoms with Gasteiger partial charge in [0.2, 0.25) is 0 Å². The van der Waals surface area contributed by atoms with Gasteiger partial charge in [-0.25, -0.2) is 4.39 Å². The van der Waals surface area contributed by atoms with E-state index in [9.17, 15) is 19.3 Å². The smallest absolute Gasteiger partial charge is 0.271 e. The molecule has 0 aliphatic carbocycles. The van der Waals surface area contributed by atoms with Crippen molar-refractivity contribution in [2.45, 2.75) is 6.42 Å². The van der Waals surface area contributed by atoms with Gasteiger partial charge in [0.1, 0.15) is 11.6 Å². The fourth-order valence-electron chi connectivity index (χ4n) is 2.78. The monoisotopic (exact) mass is 517 g/mol. The van der Waals surface area contributed by atoms with Crippen LogP contribution in [-0.2, 0) is 6.42 Å². The van der Waals surface area contributed by atoms with Gasteiger partial charge in [0.15, 0.2) is 5.11 Å². The Kier molecular flexibility index (Phi) is 7.85. The molecule has 0 fully saturated rings. The van der Waals surface area contributed by atoms with Crippen molar-refractivity contribution in [3.05, 3.63) is 98.3 Å². The maximum atomic E-state index is 14.0. The molecule has 0 heterocycles. The summed E-state index contributed by atoms with van der Waals surface area (Å²) >= 11 is 8.40. The van der Waals surface area contributed by atoms with E-state index in [4.69, 9.17) is 17.0 Å². The number of nitro benzene ring substituents is 1. The Hall–Kier alpha value is -3.37. The molecule has 3 aromatic carbocycles. The average Bonchev–Trinajstić information content (AvgIpc) is 2.76. The number of nitrogens with one attached hydrogen (secondary N) is 2. The number of carbonyl (C=O) groups is 1. The molecule has 3 aromatic rings. The number of thiocarbonyl (C=S) groups is 1. The van der Waals surface area contributed by atoms with Gasteiger partial charge in [-0.15, -0.1) is 0 Å². The van der Waals surface area contributed by atoms with Gasteiger partial charge < -0.3 is 10.1 Å². The van der Waals surface area contributed by atoms with Gasteiger partial charge in [0.25, 0.3) is 11.6 Å². The predicted molar refractivity (Wildman–Crippen MR) is 127 cm³/mol. The molecule has 164 valence electrons. The molecule has 0 aromatic heterocycles. The molecule has 0 radical (unpaired) electrons. The average molecular weight is 518 g/mol. The van der Waals surface area contributed by atoms with Crippen LogP contribution in [0.4, 0.5) is 15.8 Å². The third-order valence-corrected chi connectivity index (χ3v) is 5.01. The lowest BCUT2D eigenvalue weighted by Crippen LogP contribution is -2.34. The number of rotatable bonds is 7. The number of hydrogen-bond donors (Lipinski definition) is 2. The van der Waals surface area contributed by atoms with E-state index in [2.05, 4.69) is 26.6 Å². The van der Waals surface area contributed by atoms with Crippen LogP contribution >= 0.6 is 28.1 Å². The number of hydrogen-bond acceptors (Lipinski definition) is 5. The predicted octanol–water partition coefficient (Wildman–Crippen LogP) is 5.24. The molecule has 3 rings (SSSR count). The number of amides is 1. The molecule has 0 aliphatic heterocycles. The number of nitro groups is 1. The van der Waals surface area contributed by atoms with E-state index in [1.165, 1.54) is 0 Å². The molecule has 0 saturated carbocycles. The molecular formula is C22H17BrFN3O4S. The first-order valence-corrected chi connectivity index (χ1v) is 10.6. The van der Waals surface area contributed by atoms with Crippen LogP contribution in [0.5, 0.6) is 5.75 Å². The number of anilines is 1. The maximum Gasteiger partial charge on any atom is 0.271 e. The van der Waals surface area contributed by atoms with Crippen LogP contribution in [-0.4, -0.2) is 22.5 Å². The zero-order valence-electron chi connectivity index (χ0n) is 16.5. The summed E-state index contributed by atoms with van der Waals surface area (Å²) < 4.78 is 20.4. The quantitative estimate of drug-likeness (QED) is 0.252. The van der Waals surface area contributed by atoms with Crippen molar-refractivity contribution in [3.63, 3.8) is 0 Å². The number of nitrogens with zero attached hydrogens (tertiary/aromatic N) is 1. The van der Waals surface area contributed by atoms with Crippen LogP contribution in [0.3, 0.4) is 0 Å². The molecule has 0 bridgehead atoms. The minimum Gasteiger partial charge on any atom is -0.492 e. The highest BCUT2D eigenvalue weighted by Gasteiger charge is 2.17. The topological polar surface area (TPSA) is 93.5 Å². The second-order valence-corrected chi connectivity index (χ2v) is 7.88. The molecule has 0 unspecified atom stereocenters. The number of halogens is 2. The Labute approximate surface area is 196 Å². The zero-order valence-corrected chi connectivity index (χ0v) is 18.9. The standard InChI is InChI=1S/C22H17BrFN3O4S/c23-15-6-9-20(31-11-10-14-4-2-1-3-5-14)17(12-15)21(28)26-22(32)25-19-13-16(27(29)30)7-8-18(19)24/h1-9,12-13H,10-11H2,(H2,25,26,28,32). The van der Waals surface area contributed by atoms with Crippen LogP contribution < -0.4 is 15.4 Å². The van der Waals surface area contributed by atoms with E-state index in [-0.39, 0.29) is 22.1 Å². The van der Waals surface area contributed by atoms with Gasteiger partial charge >= 0.3 is 0 Å². The Morgan fingerprint density at radius 2 is 1.88 bits per heavy atom. The van der Waals surface area contributed by atoms with E-state index in [1.54, 1.807) is 18.2 Å². The van der Waals surface area contributed by atoms with Gasteiger partial charge in [-0.2, -0.15) is 0 Å². The normalized spacial score (nSPS) is 10.3. The molecule has 0 saturated heterocycles. The summed E-state index contributed by atoms with van der Waals surface area (Å²) in [5.41, 5.74) is 0.776. The Balaban J connectivity index is 1.67. The lowest BCUT2D eigenvalue weighted by atomic mass is 10.1. The fraction of sp³-hybridized carbons (Fsp3) is 0.0909. The van der Waals surface area contributed by atoms with Crippen LogP contribution in [0.15, 0.2) is 71.2 Å². The SMILES string of the molecule is O=C(NC(=S)Nc1cc([N+](=O)[O-])ccc1F)c1cc(Br)ccc1OCCc1ccccc1. The third kappa shape index (κ3) is 6.32. The van der Waals surface area contributed by atoms with Crippen molar-refractivity contribution in [2.75, 3.05) is 11.9 Å². The Morgan fingerprint density at radius 3 is 2.59 bits per heavy atom. The summed E-state index contributed by atoms with van der Waals surface area (Å²) in [6, 6.07) is 17.7. The molecule has 2 N–H and O–H groups in total. The second kappa shape index (κ2) is 10.8. The van der Waals surface area contributed by atoms with Crippen molar-refractivity contribution in [3.8, 4) is 5.75 Å². The second-order valence-electron chi connectivity index (χ2n) is 6.55. The highest BCUT2D eigenvalue weighted by atomic mass is 79.9. The zero-order chi connectivity index (χ0) is 23.1. The first kappa shape index (κ1) is 23.3. The lowest BCUT2D eigenvalue weighted by molar-refractivity contribution is -0.384. The van der Waals surface area contributed by atoms with Gasteiger partial charge in [-0.3, -0.25) is 20.2 Å².